The van der Waals surface area contributed by atoms with Crippen LogP contribution in [0, 0.1) is 11.8 Å². The number of aldehydes is 1. The van der Waals surface area contributed by atoms with Crippen LogP contribution in [-0.4, -0.2) is 11.3 Å². The first kappa shape index (κ1) is 8.58. The van der Waals surface area contributed by atoms with E-state index < -0.39 is 0 Å². The average Bonchev–Trinajstić information content (AvgIpc) is 2.67. The molecule has 0 unspecified atom stereocenters. The van der Waals surface area contributed by atoms with Crippen LogP contribution in [0.1, 0.15) is 12.0 Å². The summed E-state index contributed by atoms with van der Waals surface area (Å²) in [6.07, 6.45) is 2.99. The summed E-state index contributed by atoms with van der Waals surface area (Å²) in [7, 11) is 0. The van der Waals surface area contributed by atoms with Crippen LogP contribution in [0.5, 0.6) is 0 Å². The Morgan fingerprint density at radius 1 is 1.36 bits per heavy atom. The van der Waals surface area contributed by atoms with Gasteiger partial charge in [-0.15, -0.1) is 0 Å². The summed E-state index contributed by atoms with van der Waals surface area (Å²) < 4.78 is 0. The van der Waals surface area contributed by atoms with Crippen LogP contribution >= 0.6 is 0 Å². The number of H-pyrrole nitrogens is 1. The fourth-order valence-electron chi connectivity index (χ4n) is 1.38. The van der Waals surface area contributed by atoms with E-state index in [2.05, 4.69) is 16.8 Å². The molecule has 1 N–H and O–H groups in total. The molecule has 0 aliphatic heterocycles. The van der Waals surface area contributed by atoms with Gasteiger partial charge < -0.3 is 9.78 Å². The molecule has 2 nitrogen and oxygen atoms in total. The van der Waals surface area contributed by atoms with Crippen molar-refractivity contribution in [2.75, 3.05) is 0 Å². The maximum atomic E-state index is 10.1. The largest absolute Gasteiger partial charge is 0.361 e. The number of carbonyl (C=O) groups excluding carboxylic acids is 1. The molecule has 2 aromatic rings. The van der Waals surface area contributed by atoms with Gasteiger partial charge in [0, 0.05) is 22.7 Å². The summed E-state index contributed by atoms with van der Waals surface area (Å²) in [6.45, 7) is 0. The Bertz CT molecular complexity index is 514. The molecule has 1 aromatic heterocycles. The lowest BCUT2D eigenvalue weighted by Crippen LogP contribution is -1.76. The fourth-order valence-corrected chi connectivity index (χ4v) is 1.38. The number of benzene rings is 1. The molecule has 0 aliphatic carbocycles. The maximum absolute atomic E-state index is 10.1. The molecule has 1 heterocycles. The minimum atomic E-state index is 0.292. The van der Waals surface area contributed by atoms with E-state index in [0.29, 0.717) is 6.42 Å². The first-order chi connectivity index (χ1) is 6.92. The zero-order valence-corrected chi connectivity index (χ0v) is 7.58. The van der Waals surface area contributed by atoms with Gasteiger partial charge in [-0.1, -0.05) is 17.9 Å². The highest BCUT2D eigenvalue weighted by atomic mass is 16.1. The molecule has 0 atom stereocenters. The zero-order valence-electron chi connectivity index (χ0n) is 7.58. The van der Waals surface area contributed by atoms with E-state index in [-0.39, 0.29) is 0 Å². The Kier molecular flexibility index (Phi) is 2.33. The predicted molar refractivity (Wildman–Crippen MR) is 55.9 cm³/mol. The molecule has 0 aliphatic rings. The first-order valence-electron chi connectivity index (χ1n) is 4.40. The van der Waals surface area contributed by atoms with Crippen LogP contribution < -0.4 is 0 Å². The van der Waals surface area contributed by atoms with E-state index >= 15 is 0 Å². The van der Waals surface area contributed by atoms with Crippen LogP contribution in [-0.2, 0) is 4.79 Å². The minimum Gasteiger partial charge on any atom is -0.361 e. The number of aromatic amines is 1. The van der Waals surface area contributed by atoms with Crippen molar-refractivity contribution in [2.45, 2.75) is 6.42 Å². The molecule has 2 heteroatoms. The molecule has 0 saturated heterocycles. The number of hydrogen-bond acceptors (Lipinski definition) is 1. The Labute approximate surface area is 81.9 Å². The van der Waals surface area contributed by atoms with Crippen LogP contribution in [0.4, 0.5) is 0 Å². The van der Waals surface area contributed by atoms with Crippen molar-refractivity contribution in [3.63, 3.8) is 0 Å². The van der Waals surface area contributed by atoms with Crippen LogP contribution in [0.3, 0.4) is 0 Å². The monoisotopic (exact) mass is 183 g/mol. The van der Waals surface area contributed by atoms with Crippen molar-refractivity contribution >= 4 is 17.2 Å². The van der Waals surface area contributed by atoms with E-state index in [9.17, 15) is 4.79 Å². The summed E-state index contributed by atoms with van der Waals surface area (Å²) in [5.41, 5.74) is 2.04. The second kappa shape index (κ2) is 3.80. The number of aromatic nitrogens is 1. The summed E-state index contributed by atoms with van der Waals surface area (Å²) in [5.74, 6) is 5.77. The number of rotatable bonds is 1. The van der Waals surface area contributed by atoms with Gasteiger partial charge in [-0.2, -0.15) is 0 Å². The minimum absolute atomic E-state index is 0.292. The smallest absolute Gasteiger partial charge is 0.131 e. The van der Waals surface area contributed by atoms with Gasteiger partial charge in [0.15, 0.2) is 0 Å². The summed E-state index contributed by atoms with van der Waals surface area (Å²) in [6, 6.07) is 7.89. The summed E-state index contributed by atoms with van der Waals surface area (Å²) in [4.78, 5) is 13.2. The average molecular weight is 183 g/mol. The van der Waals surface area contributed by atoms with E-state index in [1.807, 2.05) is 30.5 Å². The Hall–Kier alpha value is -2.01. The Morgan fingerprint density at radius 3 is 3.14 bits per heavy atom. The van der Waals surface area contributed by atoms with Gasteiger partial charge >= 0.3 is 0 Å². The lowest BCUT2D eigenvalue weighted by Gasteiger charge is -1.92. The Balaban J connectivity index is 2.47. The lowest BCUT2D eigenvalue weighted by atomic mass is 10.1. The van der Waals surface area contributed by atoms with E-state index in [1.165, 1.54) is 0 Å². The second-order valence-electron chi connectivity index (χ2n) is 2.92. The van der Waals surface area contributed by atoms with Gasteiger partial charge in [-0.25, -0.2) is 0 Å². The van der Waals surface area contributed by atoms with Crippen LogP contribution in [0.2, 0.25) is 0 Å². The molecule has 0 spiro atoms. The second-order valence-corrected chi connectivity index (χ2v) is 2.92. The maximum Gasteiger partial charge on any atom is 0.131 e. The molecule has 0 fully saturated rings. The molecule has 2 rings (SSSR count). The van der Waals surface area contributed by atoms with Gasteiger partial charge in [0.05, 0.1) is 6.42 Å². The van der Waals surface area contributed by atoms with E-state index in [4.69, 9.17) is 0 Å². The predicted octanol–water partition coefficient (Wildman–Crippen LogP) is 2.11. The molecule has 0 saturated carbocycles. The van der Waals surface area contributed by atoms with Crippen molar-refractivity contribution in [3.8, 4) is 11.8 Å². The highest BCUT2D eigenvalue weighted by Crippen LogP contribution is 2.15. The molecule has 68 valence electrons. The highest BCUT2D eigenvalue weighted by molar-refractivity contribution is 5.85. The van der Waals surface area contributed by atoms with Crippen molar-refractivity contribution < 1.29 is 4.79 Å². The molecular weight excluding hydrogens is 174 g/mol. The van der Waals surface area contributed by atoms with Crippen molar-refractivity contribution in [1.29, 1.82) is 0 Å². The van der Waals surface area contributed by atoms with Crippen LogP contribution in [0.15, 0.2) is 30.5 Å². The van der Waals surface area contributed by atoms with Gasteiger partial charge in [0.2, 0.25) is 0 Å². The zero-order chi connectivity index (χ0) is 9.80. The molecule has 0 radical (unpaired) electrons. The number of nitrogens with one attached hydrogen (secondary N) is 1. The van der Waals surface area contributed by atoms with Gasteiger partial charge in [-0.3, -0.25) is 0 Å². The SMILES string of the molecule is O=CCC#Cc1cccc2[nH]ccc12. The van der Waals surface area contributed by atoms with Gasteiger partial charge in [-0.05, 0) is 18.2 Å². The lowest BCUT2D eigenvalue weighted by molar-refractivity contribution is -0.107. The summed E-state index contributed by atoms with van der Waals surface area (Å²) in [5, 5.41) is 1.10. The van der Waals surface area contributed by atoms with Crippen molar-refractivity contribution in [1.82, 2.24) is 4.98 Å². The van der Waals surface area contributed by atoms with Crippen LogP contribution in [0.25, 0.3) is 10.9 Å². The molecule has 1 aromatic carbocycles. The van der Waals surface area contributed by atoms with Crippen molar-refractivity contribution in [2.24, 2.45) is 0 Å². The fraction of sp³-hybridized carbons (Fsp3) is 0.0833. The third kappa shape index (κ3) is 1.53. The molecule has 0 amide bonds. The molecular formula is C12H9NO. The summed E-state index contributed by atoms with van der Waals surface area (Å²) >= 11 is 0. The quantitative estimate of drug-likeness (QED) is 0.533. The number of fused-ring (bicyclic) bond motifs is 1. The van der Waals surface area contributed by atoms with Crippen molar-refractivity contribution in [3.05, 3.63) is 36.0 Å². The third-order valence-electron chi connectivity index (χ3n) is 2.00. The van der Waals surface area contributed by atoms with Gasteiger partial charge in [0.25, 0.3) is 0 Å². The number of carbonyl (C=O) groups is 1. The third-order valence-corrected chi connectivity index (χ3v) is 2.00. The molecule has 0 bridgehead atoms. The Morgan fingerprint density at radius 2 is 2.29 bits per heavy atom. The number of hydrogen-bond donors (Lipinski definition) is 1. The van der Waals surface area contributed by atoms with E-state index in [1.54, 1.807) is 0 Å². The molecule has 14 heavy (non-hydrogen) atoms. The highest BCUT2D eigenvalue weighted by Gasteiger charge is 1.96. The van der Waals surface area contributed by atoms with E-state index in [0.717, 1.165) is 22.8 Å². The topological polar surface area (TPSA) is 32.9 Å². The standard InChI is InChI=1S/C12H9NO/c14-9-2-1-4-10-5-3-6-12-11(10)7-8-13-12/h3,5-9,13H,2H2. The first-order valence-corrected chi connectivity index (χ1v) is 4.40. The van der Waals surface area contributed by atoms with Gasteiger partial charge in [0.1, 0.15) is 6.29 Å². The normalized spacial score (nSPS) is 9.43.